The molecule has 2 aromatic heterocycles. The molecular weight excluding hydrogens is 310 g/mol. The Bertz CT molecular complexity index is 706. The van der Waals surface area contributed by atoms with E-state index in [2.05, 4.69) is 5.10 Å². The Kier molecular flexibility index (Phi) is 3.90. The standard InChI is InChI=1S/C17H21N3O4/c1-2-20-14(15-4-3-9-22-15)12-13(18-20)16(21)19-7-5-17(6-8-19)23-10-11-24-17/h3-4,9,12H,2,5-8,10-11H2,1H3. The summed E-state index contributed by atoms with van der Waals surface area (Å²) < 4.78 is 18.7. The summed E-state index contributed by atoms with van der Waals surface area (Å²) in [5.41, 5.74) is 1.27. The highest BCUT2D eigenvalue weighted by atomic mass is 16.7. The van der Waals surface area contributed by atoms with Gasteiger partial charge in [0.05, 0.1) is 19.5 Å². The molecule has 0 radical (unpaired) electrons. The third kappa shape index (κ3) is 2.63. The van der Waals surface area contributed by atoms with Crippen molar-refractivity contribution in [1.82, 2.24) is 14.7 Å². The van der Waals surface area contributed by atoms with Crippen molar-refractivity contribution in [3.8, 4) is 11.5 Å². The third-order valence-electron chi connectivity index (χ3n) is 4.70. The van der Waals surface area contributed by atoms with Gasteiger partial charge in [0.15, 0.2) is 17.2 Å². The van der Waals surface area contributed by atoms with Crippen LogP contribution in [0.1, 0.15) is 30.3 Å². The van der Waals surface area contributed by atoms with Gasteiger partial charge in [-0.2, -0.15) is 5.10 Å². The summed E-state index contributed by atoms with van der Waals surface area (Å²) in [5, 5.41) is 4.45. The van der Waals surface area contributed by atoms with Crippen LogP contribution in [0.4, 0.5) is 0 Å². The van der Waals surface area contributed by atoms with Crippen molar-refractivity contribution in [3.63, 3.8) is 0 Å². The number of nitrogens with zero attached hydrogens (tertiary/aromatic N) is 3. The van der Waals surface area contributed by atoms with Gasteiger partial charge in [0.25, 0.3) is 5.91 Å². The molecule has 0 aliphatic carbocycles. The molecule has 0 aromatic carbocycles. The number of carbonyl (C=O) groups excluding carboxylic acids is 1. The molecular formula is C17H21N3O4. The monoisotopic (exact) mass is 331 g/mol. The number of amides is 1. The van der Waals surface area contributed by atoms with Crippen molar-refractivity contribution in [2.24, 2.45) is 0 Å². The molecule has 0 saturated carbocycles. The molecule has 2 aliphatic rings. The van der Waals surface area contributed by atoms with Crippen molar-refractivity contribution < 1.29 is 18.7 Å². The predicted molar refractivity (Wildman–Crippen MR) is 85.4 cm³/mol. The van der Waals surface area contributed by atoms with E-state index in [9.17, 15) is 4.79 Å². The van der Waals surface area contributed by atoms with Crippen LogP contribution < -0.4 is 0 Å². The lowest BCUT2D eigenvalue weighted by molar-refractivity contribution is -0.181. The molecule has 2 fully saturated rings. The smallest absolute Gasteiger partial charge is 0.274 e. The summed E-state index contributed by atoms with van der Waals surface area (Å²) in [6.07, 6.45) is 3.03. The van der Waals surface area contributed by atoms with E-state index >= 15 is 0 Å². The lowest BCUT2D eigenvalue weighted by Crippen LogP contribution is -2.47. The average Bonchev–Trinajstić information content (AvgIpc) is 3.35. The van der Waals surface area contributed by atoms with Crippen LogP contribution >= 0.6 is 0 Å². The van der Waals surface area contributed by atoms with Crippen LogP contribution in [0.5, 0.6) is 0 Å². The molecule has 2 saturated heterocycles. The second kappa shape index (κ2) is 6.07. The molecule has 2 aliphatic heterocycles. The maximum absolute atomic E-state index is 12.8. The highest BCUT2D eigenvalue weighted by molar-refractivity contribution is 5.93. The first-order valence-electron chi connectivity index (χ1n) is 8.40. The number of furan rings is 1. The highest BCUT2D eigenvalue weighted by Crippen LogP contribution is 2.32. The van der Waals surface area contributed by atoms with Crippen LogP contribution in [0.3, 0.4) is 0 Å². The van der Waals surface area contributed by atoms with E-state index in [0.29, 0.717) is 57.1 Å². The summed E-state index contributed by atoms with van der Waals surface area (Å²) >= 11 is 0. The highest BCUT2D eigenvalue weighted by Gasteiger charge is 2.41. The normalized spacial score (nSPS) is 20.0. The Morgan fingerprint density at radius 3 is 2.67 bits per heavy atom. The van der Waals surface area contributed by atoms with Crippen molar-refractivity contribution in [2.75, 3.05) is 26.3 Å². The van der Waals surface area contributed by atoms with Gasteiger partial charge in [-0.3, -0.25) is 9.48 Å². The largest absolute Gasteiger partial charge is 0.463 e. The first kappa shape index (κ1) is 15.4. The number of likely N-dealkylation sites (tertiary alicyclic amines) is 1. The van der Waals surface area contributed by atoms with Crippen molar-refractivity contribution in [1.29, 1.82) is 0 Å². The Labute approximate surface area is 140 Å². The van der Waals surface area contributed by atoms with Crippen LogP contribution in [0.2, 0.25) is 0 Å². The molecule has 0 atom stereocenters. The van der Waals surface area contributed by atoms with Gasteiger partial charge in [0, 0.05) is 38.5 Å². The van der Waals surface area contributed by atoms with E-state index in [1.165, 1.54) is 0 Å². The van der Waals surface area contributed by atoms with Gasteiger partial charge in [-0.25, -0.2) is 0 Å². The average molecular weight is 331 g/mol. The summed E-state index contributed by atoms with van der Waals surface area (Å²) in [7, 11) is 0. The maximum atomic E-state index is 12.8. The van der Waals surface area contributed by atoms with Crippen LogP contribution in [0.25, 0.3) is 11.5 Å². The molecule has 0 N–H and O–H groups in total. The fourth-order valence-electron chi connectivity index (χ4n) is 3.38. The molecule has 24 heavy (non-hydrogen) atoms. The second-order valence-corrected chi connectivity index (χ2v) is 6.11. The Hall–Kier alpha value is -2.12. The zero-order chi connectivity index (χ0) is 16.6. The lowest BCUT2D eigenvalue weighted by Gasteiger charge is -2.37. The molecule has 4 heterocycles. The summed E-state index contributed by atoms with van der Waals surface area (Å²) in [4.78, 5) is 14.6. The number of carbonyl (C=O) groups is 1. The van der Waals surface area contributed by atoms with Gasteiger partial charge in [-0.1, -0.05) is 0 Å². The van der Waals surface area contributed by atoms with E-state index in [-0.39, 0.29) is 5.91 Å². The topological polar surface area (TPSA) is 69.7 Å². The van der Waals surface area contributed by atoms with E-state index in [4.69, 9.17) is 13.9 Å². The zero-order valence-electron chi connectivity index (χ0n) is 13.7. The first-order valence-corrected chi connectivity index (χ1v) is 8.40. The number of ether oxygens (including phenoxy) is 2. The van der Waals surface area contributed by atoms with Gasteiger partial charge in [-0.15, -0.1) is 0 Å². The van der Waals surface area contributed by atoms with E-state index in [1.54, 1.807) is 17.0 Å². The van der Waals surface area contributed by atoms with Crippen LogP contribution in [-0.4, -0.2) is 52.7 Å². The van der Waals surface area contributed by atoms with Crippen LogP contribution in [-0.2, 0) is 16.0 Å². The third-order valence-corrected chi connectivity index (χ3v) is 4.70. The molecule has 0 unspecified atom stereocenters. The fraction of sp³-hybridized carbons (Fsp3) is 0.529. The Morgan fingerprint density at radius 1 is 1.29 bits per heavy atom. The number of rotatable bonds is 3. The zero-order valence-corrected chi connectivity index (χ0v) is 13.7. The second-order valence-electron chi connectivity index (χ2n) is 6.11. The maximum Gasteiger partial charge on any atom is 0.274 e. The van der Waals surface area contributed by atoms with Crippen LogP contribution in [0.15, 0.2) is 28.9 Å². The summed E-state index contributed by atoms with van der Waals surface area (Å²) in [5.74, 6) is 0.190. The molecule has 1 spiro atoms. The fourth-order valence-corrected chi connectivity index (χ4v) is 3.38. The molecule has 1 amide bonds. The molecule has 4 rings (SSSR count). The van der Waals surface area contributed by atoms with Crippen molar-refractivity contribution in [3.05, 3.63) is 30.2 Å². The van der Waals surface area contributed by atoms with E-state index in [0.717, 1.165) is 5.69 Å². The number of hydrogen-bond donors (Lipinski definition) is 0. The predicted octanol–water partition coefficient (Wildman–Crippen LogP) is 2.14. The number of hydrogen-bond acceptors (Lipinski definition) is 5. The minimum Gasteiger partial charge on any atom is -0.463 e. The lowest BCUT2D eigenvalue weighted by atomic mass is 10.0. The summed E-state index contributed by atoms with van der Waals surface area (Å²) in [6.45, 7) is 5.19. The number of aromatic nitrogens is 2. The minimum absolute atomic E-state index is 0.0529. The molecule has 0 bridgehead atoms. The number of aryl methyl sites for hydroxylation is 1. The minimum atomic E-state index is -0.473. The van der Waals surface area contributed by atoms with E-state index < -0.39 is 5.79 Å². The Balaban J connectivity index is 1.51. The molecule has 2 aromatic rings. The van der Waals surface area contributed by atoms with Gasteiger partial charge in [0.2, 0.25) is 0 Å². The summed E-state index contributed by atoms with van der Waals surface area (Å²) in [6, 6.07) is 5.50. The molecule has 7 nitrogen and oxygen atoms in total. The van der Waals surface area contributed by atoms with Crippen LogP contribution in [0, 0.1) is 0 Å². The SMILES string of the molecule is CCn1nc(C(=O)N2CCC3(CC2)OCCO3)cc1-c1ccco1. The van der Waals surface area contributed by atoms with Gasteiger partial charge in [-0.05, 0) is 19.1 Å². The first-order chi connectivity index (χ1) is 11.7. The quantitative estimate of drug-likeness (QED) is 0.862. The van der Waals surface area contributed by atoms with Gasteiger partial charge < -0.3 is 18.8 Å². The molecule has 128 valence electrons. The van der Waals surface area contributed by atoms with Gasteiger partial charge in [0.1, 0.15) is 5.69 Å². The number of piperidine rings is 1. The van der Waals surface area contributed by atoms with Crippen molar-refractivity contribution >= 4 is 5.91 Å². The van der Waals surface area contributed by atoms with Crippen molar-refractivity contribution in [2.45, 2.75) is 32.1 Å². The van der Waals surface area contributed by atoms with Gasteiger partial charge >= 0.3 is 0 Å². The molecule has 7 heteroatoms. The van der Waals surface area contributed by atoms with E-state index in [1.807, 2.05) is 24.0 Å². The Morgan fingerprint density at radius 2 is 2.04 bits per heavy atom.